The average Bonchev–Trinajstić information content (AvgIpc) is 3.20. The molecule has 0 amide bonds. The number of likely N-dealkylation sites (tertiary alicyclic amines) is 1. The van der Waals surface area contributed by atoms with E-state index in [1.807, 2.05) is 0 Å². The second kappa shape index (κ2) is 7.26. The summed E-state index contributed by atoms with van der Waals surface area (Å²) in [7, 11) is 0. The van der Waals surface area contributed by atoms with Gasteiger partial charge >= 0.3 is 6.18 Å². The van der Waals surface area contributed by atoms with Crippen molar-refractivity contribution in [2.24, 2.45) is 17.6 Å². The lowest BCUT2D eigenvalue weighted by Gasteiger charge is -2.39. The number of hydrogen-bond donors (Lipinski definition) is 3. The van der Waals surface area contributed by atoms with Gasteiger partial charge in [0.25, 0.3) is 0 Å². The molecule has 0 aromatic carbocycles. The number of alkyl halides is 3. The molecule has 1 aliphatic carbocycles. The standard InChI is InChI=1S/C14H26F3N3O/c15-14(16,17)9-19-12-5-10(6-13(21)11-1-2-11)7-20(8-12)4-3-18/h10-13,19,21H,1-9,18H2. The smallest absolute Gasteiger partial charge is 0.393 e. The largest absolute Gasteiger partial charge is 0.401 e. The Hall–Kier alpha value is -0.370. The van der Waals surface area contributed by atoms with Crippen molar-refractivity contribution in [1.82, 2.24) is 10.2 Å². The number of aliphatic hydroxyl groups is 1. The van der Waals surface area contributed by atoms with E-state index in [0.29, 0.717) is 38.4 Å². The van der Waals surface area contributed by atoms with Crippen LogP contribution in [0.15, 0.2) is 0 Å². The molecular weight excluding hydrogens is 283 g/mol. The molecule has 0 bridgehead atoms. The summed E-state index contributed by atoms with van der Waals surface area (Å²) in [6, 6.07) is -0.177. The van der Waals surface area contributed by atoms with Gasteiger partial charge in [-0.2, -0.15) is 13.2 Å². The third-order valence-corrected chi connectivity index (χ3v) is 4.39. The molecule has 124 valence electrons. The van der Waals surface area contributed by atoms with Crippen molar-refractivity contribution < 1.29 is 18.3 Å². The Balaban J connectivity index is 1.84. The van der Waals surface area contributed by atoms with E-state index in [-0.39, 0.29) is 18.1 Å². The van der Waals surface area contributed by atoms with Crippen LogP contribution in [0.25, 0.3) is 0 Å². The van der Waals surface area contributed by atoms with Gasteiger partial charge in [-0.25, -0.2) is 0 Å². The minimum absolute atomic E-state index is 0.177. The Bertz CT molecular complexity index is 323. The number of hydrogen-bond acceptors (Lipinski definition) is 4. The predicted octanol–water partition coefficient (Wildman–Crippen LogP) is 0.948. The van der Waals surface area contributed by atoms with Gasteiger partial charge in [0.15, 0.2) is 0 Å². The maximum atomic E-state index is 12.3. The number of rotatable bonds is 7. The van der Waals surface area contributed by atoms with Crippen LogP contribution in [0, 0.1) is 11.8 Å². The summed E-state index contributed by atoms with van der Waals surface area (Å²) in [6.45, 7) is 1.67. The molecule has 1 saturated heterocycles. The summed E-state index contributed by atoms with van der Waals surface area (Å²) in [6.07, 6.45) is -0.932. The molecule has 7 heteroatoms. The fraction of sp³-hybridized carbons (Fsp3) is 1.00. The lowest BCUT2D eigenvalue weighted by atomic mass is 9.88. The number of aliphatic hydroxyl groups excluding tert-OH is 1. The second-order valence-corrected chi connectivity index (χ2v) is 6.48. The Kier molecular flexibility index (Phi) is 5.88. The molecule has 4 nitrogen and oxygen atoms in total. The van der Waals surface area contributed by atoms with E-state index in [2.05, 4.69) is 10.2 Å². The molecule has 1 heterocycles. The predicted molar refractivity (Wildman–Crippen MR) is 74.8 cm³/mol. The molecular formula is C14H26F3N3O. The summed E-state index contributed by atoms with van der Waals surface area (Å²) in [5, 5.41) is 12.7. The van der Waals surface area contributed by atoms with Crippen LogP contribution in [0.1, 0.15) is 25.7 Å². The van der Waals surface area contributed by atoms with Crippen LogP contribution in [-0.2, 0) is 0 Å². The van der Waals surface area contributed by atoms with E-state index in [9.17, 15) is 18.3 Å². The summed E-state index contributed by atoms with van der Waals surface area (Å²) in [4.78, 5) is 2.11. The van der Waals surface area contributed by atoms with Crippen LogP contribution in [-0.4, -0.2) is 61.1 Å². The average molecular weight is 309 g/mol. The van der Waals surface area contributed by atoms with E-state index < -0.39 is 12.7 Å². The Morgan fingerprint density at radius 2 is 2.00 bits per heavy atom. The van der Waals surface area contributed by atoms with E-state index in [1.165, 1.54) is 0 Å². The van der Waals surface area contributed by atoms with Gasteiger partial charge in [-0.15, -0.1) is 0 Å². The zero-order valence-electron chi connectivity index (χ0n) is 12.3. The molecule has 21 heavy (non-hydrogen) atoms. The molecule has 0 aromatic rings. The highest BCUT2D eigenvalue weighted by molar-refractivity contribution is 4.88. The van der Waals surface area contributed by atoms with Crippen molar-refractivity contribution >= 4 is 0 Å². The number of piperidine rings is 1. The quantitative estimate of drug-likeness (QED) is 0.655. The van der Waals surface area contributed by atoms with Crippen LogP contribution in [0.4, 0.5) is 13.2 Å². The number of nitrogens with zero attached hydrogens (tertiary/aromatic N) is 1. The number of halogens is 3. The molecule has 2 fully saturated rings. The first-order valence-corrected chi connectivity index (χ1v) is 7.78. The van der Waals surface area contributed by atoms with E-state index in [0.717, 1.165) is 19.4 Å². The third kappa shape index (κ3) is 6.10. The molecule has 1 aliphatic heterocycles. The first-order valence-electron chi connectivity index (χ1n) is 7.78. The van der Waals surface area contributed by atoms with Crippen molar-refractivity contribution in [3.63, 3.8) is 0 Å². The first kappa shape index (κ1) is 17.0. The summed E-state index contributed by atoms with van der Waals surface area (Å²) in [5.41, 5.74) is 5.56. The van der Waals surface area contributed by atoms with Gasteiger partial charge in [-0.05, 0) is 37.5 Å². The molecule has 0 aromatic heterocycles. The molecule has 3 atom stereocenters. The maximum absolute atomic E-state index is 12.3. The fourth-order valence-electron chi connectivity index (χ4n) is 3.26. The number of nitrogens with two attached hydrogens (primary N) is 1. The number of nitrogens with one attached hydrogen (secondary N) is 1. The Morgan fingerprint density at radius 1 is 1.29 bits per heavy atom. The van der Waals surface area contributed by atoms with Gasteiger partial charge in [0.2, 0.25) is 0 Å². The molecule has 4 N–H and O–H groups in total. The first-order chi connectivity index (χ1) is 9.87. The van der Waals surface area contributed by atoms with Gasteiger partial charge in [-0.1, -0.05) is 0 Å². The lowest BCUT2D eigenvalue weighted by Crippen LogP contribution is -2.52. The summed E-state index contributed by atoms with van der Waals surface area (Å²) < 4.78 is 37.0. The van der Waals surface area contributed by atoms with Crippen molar-refractivity contribution in [2.45, 2.75) is 44.0 Å². The molecule has 2 aliphatic rings. The van der Waals surface area contributed by atoms with Crippen molar-refractivity contribution in [3.8, 4) is 0 Å². The van der Waals surface area contributed by atoms with Crippen LogP contribution in [0.2, 0.25) is 0 Å². The zero-order chi connectivity index (χ0) is 15.5. The van der Waals surface area contributed by atoms with E-state index in [1.54, 1.807) is 0 Å². The third-order valence-electron chi connectivity index (χ3n) is 4.39. The zero-order valence-corrected chi connectivity index (χ0v) is 12.3. The summed E-state index contributed by atoms with van der Waals surface area (Å²) in [5.74, 6) is 0.656. The van der Waals surface area contributed by atoms with Gasteiger partial charge in [0.1, 0.15) is 0 Å². The maximum Gasteiger partial charge on any atom is 0.401 e. The Labute approximate surface area is 123 Å². The van der Waals surface area contributed by atoms with Crippen molar-refractivity contribution in [1.29, 1.82) is 0 Å². The summed E-state index contributed by atoms with van der Waals surface area (Å²) >= 11 is 0. The van der Waals surface area contributed by atoms with Gasteiger partial charge in [0, 0.05) is 32.2 Å². The van der Waals surface area contributed by atoms with Gasteiger partial charge < -0.3 is 21.1 Å². The van der Waals surface area contributed by atoms with Crippen LogP contribution in [0.3, 0.4) is 0 Å². The molecule has 0 radical (unpaired) electrons. The highest BCUT2D eigenvalue weighted by atomic mass is 19.4. The Morgan fingerprint density at radius 3 is 2.57 bits per heavy atom. The highest BCUT2D eigenvalue weighted by Crippen LogP contribution is 2.36. The minimum atomic E-state index is -4.18. The minimum Gasteiger partial charge on any atom is -0.393 e. The van der Waals surface area contributed by atoms with E-state index in [4.69, 9.17) is 5.73 Å². The molecule has 3 unspecified atom stereocenters. The highest BCUT2D eigenvalue weighted by Gasteiger charge is 2.35. The fourth-order valence-corrected chi connectivity index (χ4v) is 3.26. The van der Waals surface area contributed by atoms with E-state index >= 15 is 0 Å². The molecule has 0 spiro atoms. The van der Waals surface area contributed by atoms with Crippen LogP contribution >= 0.6 is 0 Å². The SMILES string of the molecule is NCCN1CC(CC(O)C2CC2)CC(NCC(F)(F)F)C1. The van der Waals surface area contributed by atoms with Crippen LogP contribution < -0.4 is 11.1 Å². The van der Waals surface area contributed by atoms with Gasteiger partial charge in [0.05, 0.1) is 12.6 Å². The van der Waals surface area contributed by atoms with Crippen molar-refractivity contribution in [3.05, 3.63) is 0 Å². The topological polar surface area (TPSA) is 61.5 Å². The van der Waals surface area contributed by atoms with Crippen LogP contribution in [0.5, 0.6) is 0 Å². The van der Waals surface area contributed by atoms with Gasteiger partial charge in [-0.3, -0.25) is 0 Å². The molecule has 2 rings (SSSR count). The normalized spacial score (nSPS) is 29.6. The molecule has 1 saturated carbocycles. The lowest BCUT2D eigenvalue weighted by molar-refractivity contribution is -0.127. The second-order valence-electron chi connectivity index (χ2n) is 6.48. The monoisotopic (exact) mass is 309 g/mol. The van der Waals surface area contributed by atoms with Crippen molar-refractivity contribution in [2.75, 3.05) is 32.7 Å².